The highest BCUT2D eigenvalue weighted by Gasteiger charge is 2.38. The molecule has 12 nitrogen and oxygen atoms in total. The number of carboxylic acid groups (broad SMARTS) is 1. The van der Waals surface area contributed by atoms with Crippen molar-refractivity contribution in [3.05, 3.63) is 80.3 Å². The fraction of sp³-hybridized carbons (Fsp3) is 0.111. The topological polar surface area (TPSA) is 177 Å². The van der Waals surface area contributed by atoms with Gasteiger partial charge in [-0.05, 0) is 35.9 Å². The lowest BCUT2D eigenvalue weighted by Crippen LogP contribution is -2.21. The standard InChI is InChI=1S/C27H19Cl2NO11/c1-38-15-8-13-19(14-9-16(39-2)23(34)21(29)25(14)40-24(13)20(28)22(15)33)12-7-10(3-4-11(12)26(35)36)27(37)41-30-17(31)5-6-18(30)32/h3-9,19,31-34H,1-2H3,(H,35,36). The average molecular weight is 604 g/mol. The zero-order valence-electron chi connectivity index (χ0n) is 21.0. The molecule has 0 radical (unpaired) electrons. The summed E-state index contributed by atoms with van der Waals surface area (Å²) in [6.45, 7) is 0. The van der Waals surface area contributed by atoms with Crippen LogP contribution in [-0.4, -0.2) is 56.4 Å². The first-order chi connectivity index (χ1) is 19.5. The number of methoxy groups -OCH3 is 2. The normalized spacial score (nSPS) is 12.2. The van der Waals surface area contributed by atoms with Gasteiger partial charge in [-0.1, -0.05) is 23.2 Å². The molecule has 4 aromatic rings. The lowest BCUT2D eigenvalue weighted by atomic mass is 9.79. The summed E-state index contributed by atoms with van der Waals surface area (Å²) >= 11 is 12.9. The fourth-order valence-corrected chi connectivity index (χ4v) is 5.02. The van der Waals surface area contributed by atoms with E-state index in [1.54, 1.807) is 0 Å². The number of hydrogen-bond acceptors (Lipinski definition) is 10. The Morgan fingerprint density at radius 3 is 1.78 bits per heavy atom. The van der Waals surface area contributed by atoms with E-state index in [0.29, 0.717) is 4.73 Å². The van der Waals surface area contributed by atoms with Gasteiger partial charge >= 0.3 is 11.9 Å². The molecular weight excluding hydrogens is 585 g/mol. The molecule has 41 heavy (non-hydrogen) atoms. The molecular formula is C27H19Cl2NO11. The summed E-state index contributed by atoms with van der Waals surface area (Å²) in [5, 5.41) is 50.4. The number of phenolic OH excluding ortho intramolecular Hbond substituents is 2. The molecule has 0 fully saturated rings. The van der Waals surface area contributed by atoms with Gasteiger partial charge in [-0.2, -0.15) is 0 Å². The third-order valence-corrected chi connectivity index (χ3v) is 7.15. The van der Waals surface area contributed by atoms with Crippen molar-refractivity contribution >= 4 is 35.1 Å². The number of phenols is 2. The van der Waals surface area contributed by atoms with Crippen LogP contribution in [-0.2, 0) is 0 Å². The maximum atomic E-state index is 13.0. The second kappa shape index (κ2) is 10.2. The second-order valence-electron chi connectivity index (χ2n) is 8.68. The van der Waals surface area contributed by atoms with Crippen molar-refractivity contribution in [1.82, 2.24) is 4.73 Å². The number of aromatic carboxylic acids is 1. The molecule has 5 rings (SSSR count). The fourth-order valence-electron chi connectivity index (χ4n) is 4.54. The van der Waals surface area contributed by atoms with Gasteiger partial charge in [0.2, 0.25) is 11.8 Å². The Bertz CT molecular complexity index is 1660. The molecule has 5 N–H and O–H groups in total. The Morgan fingerprint density at radius 1 is 0.805 bits per heavy atom. The number of nitrogens with zero attached hydrogens (tertiary/aromatic N) is 1. The highest BCUT2D eigenvalue weighted by Crippen LogP contribution is 2.59. The molecule has 2 heterocycles. The van der Waals surface area contributed by atoms with Gasteiger partial charge in [-0.15, -0.1) is 4.73 Å². The number of benzene rings is 3. The van der Waals surface area contributed by atoms with Crippen molar-refractivity contribution in [1.29, 1.82) is 0 Å². The van der Waals surface area contributed by atoms with E-state index >= 15 is 0 Å². The predicted molar refractivity (Wildman–Crippen MR) is 142 cm³/mol. The van der Waals surface area contributed by atoms with E-state index < -0.39 is 41.1 Å². The first-order valence-electron chi connectivity index (χ1n) is 11.5. The molecule has 14 heteroatoms. The summed E-state index contributed by atoms with van der Waals surface area (Å²) in [6, 6.07) is 8.52. The Hall–Kier alpha value is -4.94. The number of aromatic hydroxyl groups is 4. The van der Waals surface area contributed by atoms with Gasteiger partial charge < -0.3 is 44.6 Å². The molecule has 0 saturated carbocycles. The van der Waals surface area contributed by atoms with Crippen LogP contribution >= 0.6 is 23.2 Å². The van der Waals surface area contributed by atoms with Crippen LogP contribution in [0.1, 0.15) is 43.3 Å². The van der Waals surface area contributed by atoms with Crippen LogP contribution < -0.4 is 19.0 Å². The third kappa shape index (κ3) is 4.42. The van der Waals surface area contributed by atoms with E-state index in [0.717, 1.165) is 18.2 Å². The zero-order valence-corrected chi connectivity index (χ0v) is 22.5. The minimum absolute atomic E-state index is 0.0197. The molecule has 0 unspecified atom stereocenters. The molecule has 0 saturated heterocycles. The third-order valence-electron chi connectivity index (χ3n) is 6.45. The largest absolute Gasteiger partial charge is 0.503 e. The maximum absolute atomic E-state index is 13.0. The maximum Gasteiger partial charge on any atom is 0.363 e. The molecule has 0 bridgehead atoms. The number of carbonyl (C=O) groups is 2. The number of halogens is 2. The van der Waals surface area contributed by atoms with Crippen LogP contribution in [0.15, 0.2) is 42.5 Å². The van der Waals surface area contributed by atoms with E-state index in [4.69, 9.17) is 42.3 Å². The molecule has 0 aliphatic carbocycles. The van der Waals surface area contributed by atoms with Gasteiger partial charge in [0.1, 0.15) is 10.0 Å². The number of aromatic nitrogens is 1. The van der Waals surface area contributed by atoms with Crippen LogP contribution in [0.25, 0.3) is 0 Å². The molecule has 212 valence electrons. The van der Waals surface area contributed by atoms with Gasteiger partial charge in [0.25, 0.3) is 0 Å². The highest BCUT2D eigenvalue weighted by atomic mass is 35.5. The lowest BCUT2D eigenvalue weighted by Gasteiger charge is -2.32. The quantitative estimate of drug-likeness (QED) is 0.178. The smallest absolute Gasteiger partial charge is 0.363 e. The highest BCUT2D eigenvalue weighted by molar-refractivity contribution is 6.35. The van der Waals surface area contributed by atoms with E-state index in [1.807, 2.05) is 0 Å². The van der Waals surface area contributed by atoms with E-state index in [9.17, 15) is 35.1 Å². The van der Waals surface area contributed by atoms with Crippen molar-refractivity contribution in [2.24, 2.45) is 0 Å². The van der Waals surface area contributed by atoms with Gasteiger partial charge in [-0.3, -0.25) is 0 Å². The molecule has 1 aliphatic rings. The second-order valence-corrected chi connectivity index (χ2v) is 9.44. The molecule has 3 aromatic carbocycles. The summed E-state index contributed by atoms with van der Waals surface area (Å²) in [5.74, 6) is -5.91. The van der Waals surface area contributed by atoms with E-state index in [-0.39, 0.29) is 60.9 Å². The van der Waals surface area contributed by atoms with Gasteiger partial charge in [0, 0.05) is 29.2 Å². The molecule has 0 atom stereocenters. The Labute approximate surface area is 240 Å². The summed E-state index contributed by atoms with van der Waals surface area (Å²) in [7, 11) is 2.57. The minimum Gasteiger partial charge on any atom is -0.503 e. The molecule has 0 amide bonds. The summed E-state index contributed by atoms with van der Waals surface area (Å²) < 4.78 is 16.9. The van der Waals surface area contributed by atoms with Crippen LogP contribution in [0, 0.1) is 0 Å². The van der Waals surface area contributed by atoms with Crippen molar-refractivity contribution in [3.8, 4) is 46.3 Å². The van der Waals surface area contributed by atoms with E-state index in [2.05, 4.69) is 0 Å². The number of hydrogen-bond donors (Lipinski definition) is 5. The van der Waals surface area contributed by atoms with Gasteiger partial charge in [0.05, 0.1) is 25.3 Å². The van der Waals surface area contributed by atoms with Crippen LogP contribution in [0.5, 0.6) is 46.3 Å². The van der Waals surface area contributed by atoms with Crippen molar-refractivity contribution in [2.45, 2.75) is 5.92 Å². The molecule has 1 aliphatic heterocycles. The van der Waals surface area contributed by atoms with Crippen molar-refractivity contribution < 1.29 is 54.2 Å². The SMILES string of the molecule is COc1cc2c(c(Cl)c1O)Oc1c(cc(OC)c(O)c1Cl)C2c1cc(C(=O)On2c(O)ccc2O)ccc1C(=O)O. The number of carboxylic acids is 1. The number of ether oxygens (including phenoxy) is 3. The minimum atomic E-state index is -1.36. The lowest BCUT2D eigenvalue weighted by molar-refractivity contribution is 0.0381. The number of carbonyl (C=O) groups excluding carboxylic acids is 1. The summed E-state index contributed by atoms with van der Waals surface area (Å²) in [4.78, 5) is 30.5. The Kier molecular flexibility index (Phi) is 6.89. The van der Waals surface area contributed by atoms with Crippen LogP contribution in [0.4, 0.5) is 0 Å². The van der Waals surface area contributed by atoms with Crippen LogP contribution in [0.3, 0.4) is 0 Å². The first kappa shape index (κ1) is 27.6. The van der Waals surface area contributed by atoms with Crippen molar-refractivity contribution in [3.63, 3.8) is 0 Å². The first-order valence-corrected chi connectivity index (χ1v) is 12.3. The Balaban J connectivity index is 1.79. The number of fused-ring (bicyclic) bond motifs is 2. The monoisotopic (exact) mass is 603 g/mol. The van der Waals surface area contributed by atoms with Crippen molar-refractivity contribution in [2.75, 3.05) is 14.2 Å². The predicted octanol–water partition coefficient (Wildman–Crippen LogP) is 4.89. The number of rotatable bonds is 6. The zero-order chi connectivity index (χ0) is 29.7. The average Bonchev–Trinajstić information content (AvgIpc) is 3.27. The van der Waals surface area contributed by atoms with E-state index in [1.165, 1.54) is 38.5 Å². The molecule has 0 spiro atoms. The molecule has 1 aromatic heterocycles. The summed E-state index contributed by atoms with van der Waals surface area (Å²) in [5.41, 5.74) is 0.0415. The Morgan fingerprint density at radius 2 is 1.32 bits per heavy atom. The van der Waals surface area contributed by atoms with Gasteiger partial charge in [0.15, 0.2) is 34.5 Å². The van der Waals surface area contributed by atoms with Crippen LogP contribution in [0.2, 0.25) is 10.0 Å². The van der Waals surface area contributed by atoms with Gasteiger partial charge in [-0.25, -0.2) is 9.59 Å². The summed E-state index contributed by atoms with van der Waals surface area (Å²) in [6.07, 6.45) is 0.